The Balaban J connectivity index is 1.72. The maximum absolute atomic E-state index is 13.3. The second kappa shape index (κ2) is 9.32. The van der Waals surface area contributed by atoms with Gasteiger partial charge in [-0.3, -0.25) is 9.59 Å². The summed E-state index contributed by atoms with van der Waals surface area (Å²) >= 11 is 0. The zero-order chi connectivity index (χ0) is 23.5. The molecule has 4 rings (SSSR count). The normalized spacial score (nSPS) is 12.0. The lowest BCUT2D eigenvalue weighted by Gasteiger charge is -2.21. The second-order valence-electron chi connectivity index (χ2n) is 7.90. The predicted molar refractivity (Wildman–Crippen MR) is 130 cm³/mol. The number of hydrogen-bond donors (Lipinski definition) is 1. The van der Waals surface area contributed by atoms with Gasteiger partial charge in [0.1, 0.15) is 11.8 Å². The van der Waals surface area contributed by atoms with Crippen LogP contribution < -0.4 is 15.6 Å². The molecule has 0 bridgehead atoms. The first kappa shape index (κ1) is 22.3. The Morgan fingerprint density at radius 1 is 1.03 bits per heavy atom. The number of carbonyl (C=O) groups excluding carboxylic acids is 1. The van der Waals surface area contributed by atoms with Gasteiger partial charge in [0.05, 0.1) is 23.9 Å². The number of fused-ring (bicyclic) bond motifs is 1. The van der Waals surface area contributed by atoms with Gasteiger partial charge in [0.2, 0.25) is 5.91 Å². The summed E-state index contributed by atoms with van der Waals surface area (Å²) in [7, 11) is 0. The van der Waals surface area contributed by atoms with E-state index in [2.05, 4.69) is 10.4 Å². The largest absolute Gasteiger partial charge is 0.494 e. The smallest absolute Gasteiger partial charge is 0.281 e. The summed E-state index contributed by atoms with van der Waals surface area (Å²) < 4.78 is 8.82. The molecule has 170 valence electrons. The number of rotatable bonds is 7. The quantitative estimate of drug-likeness (QED) is 0.444. The van der Waals surface area contributed by atoms with E-state index in [9.17, 15) is 9.59 Å². The molecule has 33 heavy (non-hydrogen) atoms. The number of amides is 1. The summed E-state index contributed by atoms with van der Waals surface area (Å²) in [6.07, 6.45) is 2.28. The molecule has 1 N–H and O–H groups in total. The fourth-order valence-corrected chi connectivity index (χ4v) is 4.31. The standard InChI is InChI=1S/C26H28N4O3/c1-5-23(25(31)28-19-12-14-21(15-13-19)33-6-2)29-17(3)22-16-27-30(20-10-8-7-9-11-20)26(32)24(22)18(29)4/h7-16,23H,5-6H2,1-4H3,(H,28,31). The van der Waals surface area contributed by atoms with Crippen molar-refractivity contribution in [2.75, 3.05) is 11.9 Å². The number of aryl methyl sites for hydroxylation is 2. The van der Waals surface area contributed by atoms with Crippen LogP contribution in [0.3, 0.4) is 0 Å². The van der Waals surface area contributed by atoms with Crippen molar-refractivity contribution in [3.8, 4) is 11.4 Å². The molecule has 2 aromatic carbocycles. The van der Waals surface area contributed by atoms with Crippen LogP contribution in [0.2, 0.25) is 0 Å². The van der Waals surface area contributed by atoms with E-state index >= 15 is 0 Å². The lowest BCUT2D eigenvalue weighted by atomic mass is 10.1. The molecule has 2 heterocycles. The van der Waals surface area contributed by atoms with E-state index in [1.807, 2.05) is 86.9 Å². The van der Waals surface area contributed by atoms with Crippen molar-refractivity contribution in [1.82, 2.24) is 14.3 Å². The number of ether oxygens (including phenoxy) is 1. The second-order valence-corrected chi connectivity index (χ2v) is 7.90. The highest BCUT2D eigenvalue weighted by molar-refractivity contribution is 5.95. The number of benzene rings is 2. The fraction of sp³-hybridized carbons (Fsp3) is 0.269. The molecule has 2 aromatic heterocycles. The zero-order valence-corrected chi connectivity index (χ0v) is 19.3. The number of nitrogens with one attached hydrogen (secondary N) is 1. The van der Waals surface area contributed by atoms with Crippen molar-refractivity contribution < 1.29 is 9.53 Å². The summed E-state index contributed by atoms with van der Waals surface area (Å²) in [6.45, 7) is 8.29. The van der Waals surface area contributed by atoms with Crippen LogP contribution in [0.15, 0.2) is 65.6 Å². The summed E-state index contributed by atoms with van der Waals surface area (Å²) in [6, 6.07) is 16.2. The molecule has 7 nitrogen and oxygen atoms in total. The van der Waals surface area contributed by atoms with Crippen LogP contribution in [-0.4, -0.2) is 26.9 Å². The topological polar surface area (TPSA) is 78.2 Å². The SMILES string of the molecule is CCOc1ccc(NC(=O)C(CC)n2c(C)c3cnn(-c4ccccc4)c(=O)c3c2C)cc1. The molecule has 0 fully saturated rings. The van der Waals surface area contributed by atoms with Gasteiger partial charge in [-0.2, -0.15) is 9.78 Å². The lowest BCUT2D eigenvalue weighted by Crippen LogP contribution is -2.27. The first-order valence-corrected chi connectivity index (χ1v) is 11.1. The van der Waals surface area contributed by atoms with E-state index in [4.69, 9.17) is 4.74 Å². The first-order chi connectivity index (χ1) is 16.0. The van der Waals surface area contributed by atoms with Crippen LogP contribution in [0.25, 0.3) is 16.5 Å². The minimum atomic E-state index is -0.464. The Morgan fingerprint density at radius 2 is 1.73 bits per heavy atom. The van der Waals surface area contributed by atoms with Crippen LogP contribution in [0, 0.1) is 13.8 Å². The molecule has 0 aliphatic carbocycles. The monoisotopic (exact) mass is 444 g/mol. The van der Waals surface area contributed by atoms with Gasteiger partial charge in [0.15, 0.2) is 0 Å². The van der Waals surface area contributed by atoms with Gasteiger partial charge in [-0.1, -0.05) is 25.1 Å². The molecule has 0 spiro atoms. The van der Waals surface area contributed by atoms with Gasteiger partial charge in [0.25, 0.3) is 5.56 Å². The van der Waals surface area contributed by atoms with E-state index in [0.29, 0.717) is 29.8 Å². The number of carbonyl (C=O) groups is 1. The molecule has 0 radical (unpaired) electrons. The molecule has 0 aliphatic heterocycles. The summed E-state index contributed by atoms with van der Waals surface area (Å²) in [5, 5.41) is 8.73. The van der Waals surface area contributed by atoms with Crippen LogP contribution >= 0.6 is 0 Å². The van der Waals surface area contributed by atoms with Gasteiger partial charge in [-0.25, -0.2) is 0 Å². The molecular formula is C26H28N4O3. The summed E-state index contributed by atoms with van der Waals surface area (Å²) in [5.41, 5.74) is 2.81. The zero-order valence-electron chi connectivity index (χ0n) is 19.3. The van der Waals surface area contributed by atoms with Crippen LogP contribution in [0.4, 0.5) is 5.69 Å². The maximum Gasteiger partial charge on any atom is 0.281 e. The predicted octanol–water partition coefficient (Wildman–Crippen LogP) is 4.79. The Labute approximate surface area is 192 Å². The summed E-state index contributed by atoms with van der Waals surface area (Å²) in [4.78, 5) is 26.6. The van der Waals surface area contributed by atoms with E-state index in [0.717, 1.165) is 22.5 Å². The van der Waals surface area contributed by atoms with E-state index in [-0.39, 0.29) is 11.5 Å². The minimum absolute atomic E-state index is 0.135. The maximum atomic E-state index is 13.3. The fourth-order valence-electron chi connectivity index (χ4n) is 4.31. The van der Waals surface area contributed by atoms with E-state index in [1.165, 1.54) is 4.68 Å². The third kappa shape index (κ3) is 4.14. The molecule has 1 atom stereocenters. The van der Waals surface area contributed by atoms with Gasteiger partial charge in [-0.15, -0.1) is 0 Å². The summed E-state index contributed by atoms with van der Waals surface area (Å²) in [5.74, 6) is 0.623. The van der Waals surface area contributed by atoms with Gasteiger partial charge in [0, 0.05) is 22.5 Å². The molecule has 0 aliphatic rings. The molecule has 4 aromatic rings. The molecule has 1 amide bonds. The Hall–Kier alpha value is -3.87. The lowest BCUT2D eigenvalue weighted by molar-refractivity contribution is -0.119. The Bertz CT molecular complexity index is 1340. The highest BCUT2D eigenvalue weighted by atomic mass is 16.5. The first-order valence-electron chi connectivity index (χ1n) is 11.1. The number of aromatic nitrogens is 3. The van der Waals surface area contributed by atoms with Crippen LogP contribution in [0.5, 0.6) is 5.75 Å². The average molecular weight is 445 g/mol. The van der Waals surface area contributed by atoms with Crippen molar-refractivity contribution in [3.63, 3.8) is 0 Å². The molecule has 1 unspecified atom stereocenters. The third-order valence-corrected chi connectivity index (χ3v) is 5.89. The highest BCUT2D eigenvalue weighted by Crippen LogP contribution is 2.29. The number of hydrogen-bond acceptors (Lipinski definition) is 4. The number of anilines is 1. The van der Waals surface area contributed by atoms with Crippen molar-refractivity contribution in [2.24, 2.45) is 0 Å². The number of para-hydroxylation sites is 1. The third-order valence-electron chi connectivity index (χ3n) is 5.89. The van der Waals surface area contributed by atoms with Crippen molar-refractivity contribution >= 4 is 22.4 Å². The average Bonchev–Trinajstić information content (AvgIpc) is 3.07. The Kier molecular flexibility index (Phi) is 6.31. The van der Waals surface area contributed by atoms with Crippen molar-refractivity contribution in [2.45, 2.75) is 40.2 Å². The van der Waals surface area contributed by atoms with Gasteiger partial charge >= 0.3 is 0 Å². The van der Waals surface area contributed by atoms with E-state index in [1.54, 1.807) is 6.20 Å². The van der Waals surface area contributed by atoms with Crippen LogP contribution in [0.1, 0.15) is 37.7 Å². The molecule has 7 heteroatoms. The van der Waals surface area contributed by atoms with Crippen molar-refractivity contribution in [1.29, 1.82) is 0 Å². The van der Waals surface area contributed by atoms with Crippen LogP contribution in [-0.2, 0) is 4.79 Å². The highest BCUT2D eigenvalue weighted by Gasteiger charge is 2.25. The Morgan fingerprint density at radius 3 is 2.36 bits per heavy atom. The molecule has 0 saturated carbocycles. The van der Waals surface area contributed by atoms with Gasteiger partial charge in [-0.05, 0) is 63.6 Å². The van der Waals surface area contributed by atoms with Crippen molar-refractivity contribution in [3.05, 3.63) is 82.5 Å². The molecular weight excluding hydrogens is 416 g/mol. The van der Waals surface area contributed by atoms with Gasteiger partial charge < -0.3 is 14.6 Å². The molecule has 0 saturated heterocycles. The van der Waals surface area contributed by atoms with E-state index < -0.39 is 6.04 Å². The minimum Gasteiger partial charge on any atom is -0.494 e. The number of nitrogens with zero attached hydrogens (tertiary/aromatic N) is 3.